The van der Waals surface area contributed by atoms with Crippen molar-refractivity contribution in [3.05, 3.63) is 59.2 Å². The summed E-state index contributed by atoms with van der Waals surface area (Å²) >= 11 is 0. The van der Waals surface area contributed by atoms with Crippen molar-refractivity contribution in [2.24, 2.45) is 0 Å². The second kappa shape index (κ2) is 6.01. The molecule has 2 aromatic rings. The third kappa shape index (κ3) is 3.15. The van der Waals surface area contributed by atoms with Gasteiger partial charge in [0.1, 0.15) is 5.75 Å². The van der Waals surface area contributed by atoms with Crippen molar-refractivity contribution < 1.29 is 23.0 Å². The average Bonchev–Trinajstić information content (AvgIpc) is 2.50. The molecule has 21 heavy (non-hydrogen) atoms. The van der Waals surface area contributed by atoms with Crippen molar-refractivity contribution >= 4 is 5.97 Å². The van der Waals surface area contributed by atoms with Gasteiger partial charge < -0.3 is 9.47 Å². The third-order valence-electron chi connectivity index (χ3n) is 2.62. The highest BCUT2D eigenvalue weighted by Crippen LogP contribution is 2.28. The maximum atomic E-state index is 13.7. The number of halogens is 2. The Morgan fingerprint density at radius 2 is 1.71 bits per heavy atom. The minimum atomic E-state index is -0.983. The van der Waals surface area contributed by atoms with Gasteiger partial charge in [-0.3, -0.25) is 0 Å². The van der Waals surface area contributed by atoms with Crippen LogP contribution in [0.25, 0.3) is 0 Å². The van der Waals surface area contributed by atoms with Gasteiger partial charge in [-0.15, -0.1) is 0 Å². The van der Waals surface area contributed by atoms with Crippen molar-refractivity contribution in [1.82, 2.24) is 0 Å². The van der Waals surface area contributed by atoms with E-state index < -0.39 is 23.4 Å². The van der Waals surface area contributed by atoms with Gasteiger partial charge in [0.05, 0.1) is 24.3 Å². The van der Waals surface area contributed by atoms with Crippen LogP contribution in [0.1, 0.15) is 15.9 Å². The average molecular weight is 289 g/mol. The lowest BCUT2D eigenvalue weighted by Gasteiger charge is -2.08. The Balaban J connectivity index is 2.27. The summed E-state index contributed by atoms with van der Waals surface area (Å²) < 4.78 is 36.9. The smallest absolute Gasteiger partial charge is 0.337 e. The number of carbonyl (C=O) groups excluding carboxylic acids is 1. The fourth-order valence-electron chi connectivity index (χ4n) is 1.62. The molecule has 0 atom stereocenters. The van der Waals surface area contributed by atoms with Crippen molar-refractivity contribution in [3.63, 3.8) is 0 Å². The van der Waals surface area contributed by atoms with Crippen LogP contribution in [-0.2, 0) is 4.74 Å². The molecule has 0 amide bonds. The molecule has 0 bridgehead atoms. The summed E-state index contributed by atoms with van der Waals surface area (Å²) in [5, 5.41) is 8.61. The van der Waals surface area contributed by atoms with Crippen molar-refractivity contribution in [2.75, 3.05) is 7.11 Å². The maximum Gasteiger partial charge on any atom is 0.337 e. The van der Waals surface area contributed by atoms with E-state index in [0.29, 0.717) is 0 Å². The molecule has 6 heteroatoms. The largest absolute Gasteiger partial charge is 0.465 e. The molecule has 0 N–H and O–H groups in total. The third-order valence-corrected chi connectivity index (χ3v) is 2.62. The molecule has 4 nitrogen and oxygen atoms in total. The molecule has 0 spiro atoms. The summed E-state index contributed by atoms with van der Waals surface area (Å²) in [7, 11) is 1.24. The van der Waals surface area contributed by atoms with Crippen LogP contribution in [0.2, 0.25) is 0 Å². The zero-order valence-electron chi connectivity index (χ0n) is 10.9. The molecular weight excluding hydrogens is 280 g/mol. The molecule has 0 saturated carbocycles. The number of nitrogens with zero attached hydrogens (tertiary/aromatic N) is 1. The summed E-state index contributed by atoms with van der Waals surface area (Å²) in [6, 6.07) is 8.95. The Labute approximate surface area is 119 Å². The number of methoxy groups -OCH3 is 1. The standard InChI is InChI=1S/C15H9F2NO3/c1-20-15(19)10-2-4-11(5-3-10)21-14-12(16)6-9(8-18)7-13(14)17/h2-7H,1H3. The predicted octanol–water partition coefficient (Wildman–Crippen LogP) is 3.42. The first-order chi connectivity index (χ1) is 10.0. The number of ether oxygens (including phenoxy) is 2. The van der Waals surface area contributed by atoms with E-state index in [2.05, 4.69) is 4.74 Å². The van der Waals surface area contributed by atoms with Crippen LogP contribution >= 0.6 is 0 Å². The van der Waals surface area contributed by atoms with Crippen LogP contribution < -0.4 is 4.74 Å². The van der Waals surface area contributed by atoms with Crippen molar-refractivity contribution in [3.8, 4) is 17.6 Å². The Hall–Kier alpha value is -2.94. The van der Waals surface area contributed by atoms with E-state index in [1.165, 1.54) is 31.4 Å². The number of carbonyl (C=O) groups is 1. The van der Waals surface area contributed by atoms with Gasteiger partial charge in [0.2, 0.25) is 0 Å². The van der Waals surface area contributed by atoms with E-state index >= 15 is 0 Å². The zero-order chi connectivity index (χ0) is 15.4. The molecule has 0 fully saturated rings. The van der Waals surface area contributed by atoms with Crippen molar-refractivity contribution in [1.29, 1.82) is 5.26 Å². The lowest BCUT2D eigenvalue weighted by Crippen LogP contribution is -2.00. The van der Waals surface area contributed by atoms with Gasteiger partial charge in [0.15, 0.2) is 17.4 Å². The normalized spacial score (nSPS) is 9.81. The first-order valence-electron chi connectivity index (χ1n) is 5.80. The first-order valence-corrected chi connectivity index (χ1v) is 5.80. The molecule has 2 rings (SSSR count). The molecule has 106 valence electrons. The minimum Gasteiger partial charge on any atom is -0.465 e. The van der Waals surface area contributed by atoms with Crippen LogP contribution in [0.4, 0.5) is 8.78 Å². The lowest BCUT2D eigenvalue weighted by atomic mass is 10.2. The maximum absolute atomic E-state index is 13.7. The van der Waals surface area contributed by atoms with E-state index in [0.717, 1.165) is 12.1 Å². The number of esters is 1. The second-order valence-corrected chi connectivity index (χ2v) is 4.00. The second-order valence-electron chi connectivity index (χ2n) is 4.00. The monoisotopic (exact) mass is 289 g/mol. The molecule has 0 radical (unpaired) electrons. The van der Waals surface area contributed by atoms with E-state index in [1.54, 1.807) is 6.07 Å². The quantitative estimate of drug-likeness (QED) is 0.812. The van der Waals surface area contributed by atoms with Crippen LogP contribution in [0.15, 0.2) is 36.4 Å². The Morgan fingerprint density at radius 1 is 1.14 bits per heavy atom. The Morgan fingerprint density at radius 3 is 2.19 bits per heavy atom. The topological polar surface area (TPSA) is 59.3 Å². The first kappa shape index (κ1) is 14.5. The van der Waals surface area contributed by atoms with Crippen LogP contribution in [0.5, 0.6) is 11.5 Å². The van der Waals surface area contributed by atoms with Crippen LogP contribution in [-0.4, -0.2) is 13.1 Å². The van der Waals surface area contributed by atoms with Gasteiger partial charge in [0.25, 0.3) is 0 Å². The molecule has 0 aromatic heterocycles. The highest BCUT2D eigenvalue weighted by molar-refractivity contribution is 5.89. The van der Waals surface area contributed by atoms with E-state index in [-0.39, 0.29) is 16.9 Å². The SMILES string of the molecule is COC(=O)c1ccc(Oc2c(F)cc(C#N)cc2F)cc1. The summed E-state index contributed by atoms with van der Waals surface area (Å²) in [4.78, 5) is 11.2. The van der Waals surface area contributed by atoms with E-state index in [4.69, 9.17) is 10.00 Å². The number of hydrogen-bond donors (Lipinski definition) is 0. The molecule has 0 heterocycles. The molecule has 0 saturated heterocycles. The van der Waals surface area contributed by atoms with Gasteiger partial charge >= 0.3 is 5.97 Å². The van der Waals surface area contributed by atoms with Gasteiger partial charge in [-0.2, -0.15) is 5.26 Å². The fourth-order valence-corrected chi connectivity index (χ4v) is 1.62. The highest BCUT2D eigenvalue weighted by atomic mass is 19.1. The zero-order valence-corrected chi connectivity index (χ0v) is 10.9. The molecular formula is C15H9F2NO3. The highest BCUT2D eigenvalue weighted by Gasteiger charge is 2.14. The number of nitriles is 1. The molecule has 0 aliphatic heterocycles. The summed E-state index contributed by atoms with van der Waals surface area (Å²) in [5.74, 6) is -2.96. The van der Waals surface area contributed by atoms with Gasteiger partial charge in [-0.1, -0.05) is 0 Å². The fraction of sp³-hybridized carbons (Fsp3) is 0.0667. The van der Waals surface area contributed by atoms with Gasteiger partial charge in [-0.05, 0) is 36.4 Å². The molecule has 0 aliphatic rings. The number of rotatable bonds is 3. The van der Waals surface area contributed by atoms with Crippen molar-refractivity contribution in [2.45, 2.75) is 0 Å². The van der Waals surface area contributed by atoms with Crippen LogP contribution in [0.3, 0.4) is 0 Å². The van der Waals surface area contributed by atoms with Gasteiger partial charge in [0, 0.05) is 0 Å². The van der Waals surface area contributed by atoms with E-state index in [1.807, 2.05) is 0 Å². The predicted molar refractivity (Wildman–Crippen MR) is 68.9 cm³/mol. The van der Waals surface area contributed by atoms with Gasteiger partial charge in [-0.25, -0.2) is 13.6 Å². The summed E-state index contributed by atoms with van der Waals surface area (Å²) in [5.41, 5.74) is 0.143. The Bertz CT molecular complexity index is 698. The van der Waals surface area contributed by atoms with Crippen LogP contribution in [0, 0.1) is 23.0 Å². The lowest BCUT2D eigenvalue weighted by molar-refractivity contribution is 0.0600. The number of hydrogen-bond acceptors (Lipinski definition) is 4. The van der Waals surface area contributed by atoms with E-state index in [9.17, 15) is 13.6 Å². The summed E-state index contributed by atoms with van der Waals surface area (Å²) in [6.07, 6.45) is 0. The Kier molecular flexibility index (Phi) is 4.14. The number of benzene rings is 2. The summed E-state index contributed by atoms with van der Waals surface area (Å²) in [6.45, 7) is 0. The molecule has 2 aromatic carbocycles. The molecule has 0 aliphatic carbocycles. The molecule has 0 unspecified atom stereocenters. The minimum absolute atomic E-state index is 0.140.